The van der Waals surface area contributed by atoms with Gasteiger partial charge >= 0.3 is 0 Å². The van der Waals surface area contributed by atoms with Crippen molar-refractivity contribution in [1.29, 1.82) is 0 Å². The predicted molar refractivity (Wildman–Crippen MR) is 101 cm³/mol. The molecule has 2 nitrogen and oxygen atoms in total. The molecule has 3 heteroatoms. The van der Waals surface area contributed by atoms with Crippen LogP contribution in [-0.4, -0.2) is 11.6 Å². The second-order valence-corrected chi connectivity index (χ2v) is 7.46. The topological polar surface area (TPSA) is 34.1 Å². The van der Waals surface area contributed by atoms with Crippen molar-refractivity contribution in [2.24, 2.45) is 5.92 Å². The second kappa shape index (κ2) is 7.43. The Morgan fingerprint density at radius 2 is 1.33 bits per heavy atom. The lowest BCUT2D eigenvalue weighted by Gasteiger charge is -2.28. The van der Waals surface area contributed by atoms with Gasteiger partial charge in [0.05, 0.1) is 5.92 Å². The number of benzene rings is 2. The molecule has 1 unspecified atom stereocenters. The summed E-state index contributed by atoms with van der Waals surface area (Å²) in [7, 11) is 0. The first-order chi connectivity index (χ1) is 11.2. The van der Waals surface area contributed by atoms with Crippen molar-refractivity contribution in [3.8, 4) is 0 Å². The van der Waals surface area contributed by atoms with Gasteiger partial charge in [-0.05, 0) is 69.0 Å². The van der Waals surface area contributed by atoms with E-state index in [0.29, 0.717) is 0 Å². The Hall–Kier alpha value is -1.74. The molecule has 0 saturated heterocycles. The van der Waals surface area contributed by atoms with Gasteiger partial charge in [0.2, 0.25) is 0 Å². The summed E-state index contributed by atoms with van der Waals surface area (Å²) in [5.41, 5.74) is 5.49. The van der Waals surface area contributed by atoms with Crippen LogP contribution in [-0.2, 0) is 9.59 Å². The minimum absolute atomic E-state index is 0.0882. The van der Waals surface area contributed by atoms with Crippen LogP contribution in [0.25, 0.3) is 0 Å². The van der Waals surface area contributed by atoms with Gasteiger partial charge in [-0.3, -0.25) is 9.59 Å². The first kappa shape index (κ1) is 18.6. The average molecular weight is 387 g/mol. The molecule has 24 heavy (non-hydrogen) atoms. The van der Waals surface area contributed by atoms with E-state index in [2.05, 4.69) is 48.8 Å². The third-order valence-electron chi connectivity index (χ3n) is 4.49. The fraction of sp³-hybridized carbons (Fsp3) is 0.333. The van der Waals surface area contributed by atoms with Gasteiger partial charge in [-0.2, -0.15) is 0 Å². The molecule has 126 valence electrons. The van der Waals surface area contributed by atoms with Crippen LogP contribution in [0.4, 0.5) is 0 Å². The Morgan fingerprint density at radius 3 is 1.75 bits per heavy atom. The molecule has 0 amide bonds. The van der Waals surface area contributed by atoms with Crippen molar-refractivity contribution in [2.45, 2.75) is 40.5 Å². The highest BCUT2D eigenvalue weighted by atomic mass is 79.9. The fourth-order valence-electron chi connectivity index (χ4n) is 3.63. The van der Waals surface area contributed by atoms with Gasteiger partial charge in [-0.15, -0.1) is 0 Å². The molecule has 0 fully saturated rings. The molecular formula is C21H23BrO2. The molecule has 0 aliphatic heterocycles. The molecule has 0 N–H and O–H groups in total. The maximum atomic E-state index is 12.3. The van der Waals surface area contributed by atoms with Gasteiger partial charge in [0.1, 0.15) is 11.6 Å². The number of hydrogen-bond donors (Lipinski definition) is 0. The van der Waals surface area contributed by atoms with E-state index in [4.69, 9.17) is 0 Å². The number of rotatable bonds is 5. The van der Waals surface area contributed by atoms with Crippen LogP contribution in [0, 0.1) is 26.7 Å². The van der Waals surface area contributed by atoms with E-state index < -0.39 is 5.92 Å². The van der Waals surface area contributed by atoms with Crippen molar-refractivity contribution in [1.82, 2.24) is 0 Å². The van der Waals surface area contributed by atoms with Crippen LogP contribution in [0.1, 0.15) is 47.6 Å². The Bertz CT molecular complexity index is 738. The number of aryl methyl sites for hydroxylation is 3. The predicted octanol–water partition coefficient (Wildman–Crippen LogP) is 5.30. The van der Waals surface area contributed by atoms with Gasteiger partial charge in [-0.1, -0.05) is 45.8 Å². The van der Waals surface area contributed by atoms with E-state index in [9.17, 15) is 9.59 Å². The highest BCUT2D eigenvalue weighted by Crippen LogP contribution is 2.38. The molecule has 0 aromatic heterocycles. The summed E-state index contributed by atoms with van der Waals surface area (Å²) in [6.45, 7) is 9.19. The third-order valence-corrected chi connectivity index (χ3v) is 5.02. The molecule has 0 bridgehead atoms. The molecule has 2 rings (SSSR count). The zero-order valence-electron chi connectivity index (χ0n) is 14.8. The number of Topliss-reactive ketones (excluding diaryl/α,β-unsaturated/α-hetero) is 2. The van der Waals surface area contributed by atoms with Crippen LogP contribution in [0.3, 0.4) is 0 Å². The van der Waals surface area contributed by atoms with Crippen molar-refractivity contribution in [3.63, 3.8) is 0 Å². The van der Waals surface area contributed by atoms with E-state index in [1.807, 2.05) is 24.3 Å². The number of hydrogen-bond acceptors (Lipinski definition) is 2. The number of carbonyl (C=O) groups is 2. The second-order valence-electron chi connectivity index (χ2n) is 6.54. The number of halogens is 1. The largest absolute Gasteiger partial charge is 0.299 e. The van der Waals surface area contributed by atoms with Gasteiger partial charge in [-0.25, -0.2) is 0 Å². The monoisotopic (exact) mass is 386 g/mol. The molecule has 2 aromatic carbocycles. The maximum Gasteiger partial charge on any atom is 0.141 e. The molecule has 0 aliphatic carbocycles. The highest BCUT2D eigenvalue weighted by Gasteiger charge is 2.34. The molecule has 0 radical (unpaired) electrons. The van der Waals surface area contributed by atoms with Gasteiger partial charge < -0.3 is 0 Å². The molecule has 0 heterocycles. The van der Waals surface area contributed by atoms with E-state index in [1.165, 1.54) is 19.4 Å². The maximum absolute atomic E-state index is 12.3. The Morgan fingerprint density at radius 1 is 0.875 bits per heavy atom. The summed E-state index contributed by atoms with van der Waals surface area (Å²) < 4.78 is 0.976. The molecule has 2 aromatic rings. The lowest BCUT2D eigenvalue weighted by Crippen LogP contribution is -2.29. The van der Waals surface area contributed by atoms with Crippen LogP contribution in [0.2, 0.25) is 0 Å². The fourth-order valence-corrected chi connectivity index (χ4v) is 3.90. The first-order valence-corrected chi connectivity index (χ1v) is 8.85. The van der Waals surface area contributed by atoms with E-state index in [-0.39, 0.29) is 17.5 Å². The Kier molecular flexibility index (Phi) is 5.76. The number of carbonyl (C=O) groups excluding carboxylic acids is 2. The average Bonchev–Trinajstić information content (AvgIpc) is 2.45. The van der Waals surface area contributed by atoms with Gasteiger partial charge in [0, 0.05) is 10.4 Å². The highest BCUT2D eigenvalue weighted by molar-refractivity contribution is 9.10. The van der Waals surface area contributed by atoms with Crippen LogP contribution in [0.15, 0.2) is 40.9 Å². The first-order valence-electron chi connectivity index (χ1n) is 8.06. The van der Waals surface area contributed by atoms with Crippen LogP contribution < -0.4 is 0 Å². The summed E-state index contributed by atoms with van der Waals surface area (Å²) >= 11 is 3.45. The third kappa shape index (κ3) is 3.84. The van der Waals surface area contributed by atoms with Gasteiger partial charge in [0.15, 0.2) is 0 Å². The lowest BCUT2D eigenvalue weighted by molar-refractivity contribution is -0.130. The molecule has 0 spiro atoms. The minimum Gasteiger partial charge on any atom is -0.299 e. The summed E-state index contributed by atoms with van der Waals surface area (Å²) in [4.78, 5) is 24.6. The van der Waals surface area contributed by atoms with E-state index >= 15 is 0 Å². The SMILES string of the molecule is CC(=O)C(C(C)=O)C(c1ccc(Br)cc1)c1c(C)cc(C)cc1C. The van der Waals surface area contributed by atoms with Crippen LogP contribution >= 0.6 is 15.9 Å². The van der Waals surface area contributed by atoms with Gasteiger partial charge in [0.25, 0.3) is 0 Å². The zero-order chi connectivity index (χ0) is 18.0. The minimum atomic E-state index is -0.661. The van der Waals surface area contributed by atoms with Crippen molar-refractivity contribution >= 4 is 27.5 Å². The van der Waals surface area contributed by atoms with Crippen molar-refractivity contribution in [3.05, 3.63) is 68.7 Å². The zero-order valence-corrected chi connectivity index (χ0v) is 16.4. The Labute approximate surface area is 152 Å². The standard InChI is InChI=1S/C21H23BrO2/c1-12-10-13(2)19(14(3)11-12)21(20(15(4)23)16(5)24)17-6-8-18(22)9-7-17/h6-11,20-21H,1-5H3. The van der Waals surface area contributed by atoms with Crippen molar-refractivity contribution in [2.75, 3.05) is 0 Å². The quantitative estimate of drug-likeness (QED) is 0.653. The summed E-state index contributed by atoms with van der Waals surface area (Å²) in [5, 5.41) is 0. The lowest BCUT2D eigenvalue weighted by atomic mass is 9.74. The molecule has 0 saturated carbocycles. The molecular weight excluding hydrogens is 364 g/mol. The smallest absolute Gasteiger partial charge is 0.141 e. The summed E-state index contributed by atoms with van der Waals surface area (Å²) in [6.07, 6.45) is 0. The normalized spacial score (nSPS) is 12.3. The molecule has 1 atom stereocenters. The summed E-state index contributed by atoms with van der Waals surface area (Å²) in [5.74, 6) is -1.09. The Balaban J connectivity index is 2.74. The van der Waals surface area contributed by atoms with E-state index in [1.54, 1.807) is 0 Å². The summed E-state index contributed by atoms with van der Waals surface area (Å²) in [6, 6.07) is 12.1. The molecule has 0 aliphatic rings. The number of ketones is 2. The van der Waals surface area contributed by atoms with Crippen molar-refractivity contribution < 1.29 is 9.59 Å². The van der Waals surface area contributed by atoms with Crippen LogP contribution in [0.5, 0.6) is 0 Å². The van der Waals surface area contributed by atoms with E-state index in [0.717, 1.165) is 26.7 Å².